The topological polar surface area (TPSA) is 84.2 Å². The lowest BCUT2D eigenvalue weighted by Gasteiger charge is -2.22. The summed E-state index contributed by atoms with van der Waals surface area (Å²) in [5, 5.41) is 10.1. The Bertz CT molecular complexity index is 887. The Morgan fingerprint density at radius 2 is 1.96 bits per heavy atom. The number of aryl methyl sites for hydroxylation is 1. The minimum atomic E-state index is -0.291. The predicted octanol–water partition coefficient (Wildman–Crippen LogP) is 2.64. The van der Waals surface area contributed by atoms with Crippen LogP contribution in [0.4, 0.5) is 0 Å². The van der Waals surface area contributed by atoms with Gasteiger partial charge in [0.2, 0.25) is 5.91 Å². The molecule has 4 rings (SSSR count). The number of carbonyl (C=O) groups excluding carboxylic acids is 2. The standard InChI is InChI=1S/C21H23N3O3/c1-2-18(25)23-19-14-9-7-6-8-13(14)12-16(19)22-21(26)20-15-10-4-3-5-11-17(15)27-24-20/h2,6-9,16,19H,1,3-5,10-12H2,(H,22,26)(H,23,25)/t16-,19-/m1/s1. The van der Waals surface area contributed by atoms with Crippen LogP contribution in [0.1, 0.15) is 58.2 Å². The van der Waals surface area contributed by atoms with E-state index in [2.05, 4.69) is 22.4 Å². The fraction of sp³-hybridized carbons (Fsp3) is 0.381. The number of hydrogen-bond acceptors (Lipinski definition) is 4. The van der Waals surface area contributed by atoms with Gasteiger partial charge >= 0.3 is 0 Å². The molecule has 27 heavy (non-hydrogen) atoms. The van der Waals surface area contributed by atoms with Crippen LogP contribution in [0.15, 0.2) is 41.4 Å². The second kappa shape index (κ2) is 7.39. The number of fused-ring (bicyclic) bond motifs is 2. The van der Waals surface area contributed by atoms with Gasteiger partial charge in [-0.1, -0.05) is 42.4 Å². The number of hydrogen-bond donors (Lipinski definition) is 2. The van der Waals surface area contributed by atoms with Gasteiger partial charge in [-0.2, -0.15) is 0 Å². The van der Waals surface area contributed by atoms with Crippen LogP contribution in [0.5, 0.6) is 0 Å². The summed E-state index contributed by atoms with van der Waals surface area (Å²) in [5.41, 5.74) is 3.47. The van der Waals surface area contributed by atoms with Crippen molar-refractivity contribution in [2.24, 2.45) is 0 Å². The Balaban J connectivity index is 1.56. The van der Waals surface area contributed by atoms with Crippen LogP contribution in [-0.4, -0.2) is 23.0 Å². The third-order valence-electron chi connectivity index (χ3n) is 5.45. The average Bonchev–Trinajstić information content (AvgIpc) is 3.14. The van der Waals surface area contributed by atoms with Gasteiger partial charge in [0.15, 0.2) is 5.69 Å². The van der Waals surface area contributed by atoms with E-state index in [4.69, 9.17) is 4.52 Å². The minimum Gasteiger partial charge on any atom is -0.360 e. The zero-order valence-corrected chi connectivity index (χ0v) is 15.2. The molecule has 0 bridgehead atoms. The molecule has 0 spiro atoms. The highest BCUT2D eigenvalue weighted by atomic mass is 16.5. The fourth-order valence-corrected chi connectivity index (χ4v) is 4.10. The summed E-state index contributed by atoms with van der Waals surface area (Å²) >= 11 is 0. The highest BCUT2D eigenvalue weighted by Crippen LogP contribution is 2.32. The molecule has 1 aromatic carbocycles. The second-order valence-electron chi connectivity index (χ2n) is 7.17. The molecule has 1 aromatic heterocycles. The number of carbonyl (C=O) groups is 2. The predicted molar refractivity (Wildman–Crippen MR) is 100 cm³/mol. The normalized spacial score (nSPS) is 20.9. The van der Waals surface area contributed by atoms with E-state index < -0.39 is 0 Å². The minimum absolute atomic E-state index is 0.238. The summed E-state index contributed by atoms with van der Waals surface area (Å²) < 4.78 is 5.43. The quantitative estimate of drug-likeness (QED) is 0.644. The van der Waals surface area contributed by atoms with E-state index >= 15 is 0 Å². The van der Waals surface area contributed by atoms with Crippen LogP contribution in [0.3, 0.4) is 0 Å². The zero-order chi connectivity index (χ0) is 18.8. The van der Waals surface area contributed by atoms with Gasteiger partial charge in [0.25, 0.3) is 5.91 Å². The smallest absolute Gasteiger partial charge is 0.274 e. The van der Waals surface area contributed by atoms with Gasteiger partial charge in [0, 0.05) is 12.0 Å². The van der Waals surface area contributed by atoms with Crippen molar-refractivity contribution in [3.63, 3.8) is 0 Å². The summed E-state index contributed by atoms with van der Waals surface area (Å²) in [4.78, 5) is 24.8. The molecule has 6 nitrogen and oxygen atoms in total. The number of rotatable bonds is 4. The zero-order valence-electron chi connectivity index (χ0n) is 15.2. The molecule has 6 heteroatoms. The third-order valence-corrected chi connectivity index (χ3v) is 5.45. The molecule has 2 atom stereocenters. The molecule has 0 saturated carbocycles. The Hall–Kier alpha value is -2.89. The fourth-order valence-electron chi connectivity index (χ4n) is 4.10. The van der Waals surface area contributed by atoms with E-state index in [-0.39, 0.29) is 23.9 Å². The first kappa shape index (κ1) is 17.5. The van der Waals surface area contributed by atoms with E-state index in [9.17, 15) is 9.59 Å². The summed E-state index contributed by atoms with van der Waals surface area (Å²) in [5.74, 6) is 0.340. The first-order chi connectivity index (χ1) is 13.2. The molecule has 0 radical (unpaired) electrons. The molecular formula is C21H23N3O3. The molecule has 0 saturated heterocycles. The lowest BCUT2D eigenvalue weighted by molar-refractivity contribution is -0.117. The van der Waals surface area contributed by atoms with E-state index in [0.29, 0.717) is 12.1 Å². The number of nitrogens with one attached hydrogen (secondary N) is 2. The van der Waals surface area contributed by atoms with E-state index in [1.807, 2.05) is 24.3 Å². The van der Waals surface area contributed by atoms with Crippen LogP contribution in [0, 0.1) is 0 Å². The van der Waals surface area contributed by atoms with Gasteiger partial charge < -0.3 is 15.2 Å². The first-order valence-corrected chi connectivity index (χ1v) is 9.46. The lowest BCUT2D eigenvalue weighted by Crippen LogP contribution is -2.44. The SMILES string of the molecule is C=CC(=O)N[C@@H]1c2ccccc2C[C@H]1NC(=O)c1noc2c1CCCCC2. The summed E-state index contributed by atoms with van der Waals surface area (Å²) in [6.07, 6.45) is 6.81. The van der Waals surface area contributed by atoms with Crippen LogP contribution in [0.2, 0.25) is 0 Å². The maximum Gasteiger partial charge on any atom is 0.274 e. The van der Waals surface area contributed by atoms with Crippen LogP contribution in [-0.2, 0) is 24.1 Å². The monoisotopic (exact) mass is 365 g/mol. The molecule has 140 valence electrons. The third kappa shape index (κ3) is 3.39. The van der Waals surface area contributed by atoms with Crippen molar-refractivity contribution in [3.8, 4) is 0 Å². The Kier molecular flexibility index (Phi) is 4.79. The van der Waals surface area contributed by atoms with E-state index in [1.165, 1.54) is 6.08 Å². The second-order valence-corrected chi connectivity index (χ2v) is 7.17. The van der Waals surface area contributed by atoms with Gasteiger partial charge in [-0.15, -0.1) is 0 Å². The van der Waals surface area contributed by atoms with Crippen LogP contribution in [0.25, 0.3) is 0 Å². The van der Waals surface area contributed by atoms with Crippen LogP contribution >= 0.6 is 0 Å². The number of aromatic nitrogens is 1. The molecule has 0 unspecified atom stereocenters. The molecule has 0 aliphatic heterocycles. The number of amides is 2. The molecule has 2 aliphatic carbocycles. The summed E-state index contributed by atoms with van der Waals surface area (Å²) in [6.45, 7) is 3.52. The Morgan fingerprint density at radius 3 is 2.81 bits per heavy atom. The molecule has 2 aliphatic rings. The van der Waals surface area contributed by atoms with Crippen molar-refractivity contribution >= 4 is 11.8 Å². The Labute approximate surface area is 158 Å². The highest BCUT2D eigenvalue weighted by molar-refractivity contribution is 5.94. The molecular weight excluding hydrogens is 342 g/mol. The van der Waals surface area contributed by atoms with Crippen molar-refractivity contribution < 1.29 is 14.1 Å². The molecule has 2 N–H and O–H groups in total. The van der Waals surface area contributed by atoms with Crippen molar-refractivity contribution in [1.82, 2.24) is 15.8 Å². The maximum absolute atomic E-state index is 12.9. The lowest BCUT2D eigenvalue weighted by atomic mass is 10.1. The van der Waals surface area contributed by atoms with Crippen molar-refractivity contribution in [2.45, 2.75) is 50.6 Å². The van der Waals surface area contributed by atoms with Gasteiger partial charge in [0.05, 0.1) is 12.1 Å². The number of nitrogens with zero attached hydrogens (tertiary/aromatic N) is 1. The Morgan fingerprint density at radius 1 is 1.15 bits per heavy atom. The van der Waals surface area contributed by atoms with Gasteiger partial charge in [-0.3, -0.25) is 9.59 Å². The average molecular weight is 365 g/mol. The van der Waals surface area contributed by atoms with Gasteiger partial charge in [-0.25, -0.2) is 0 Å². The molecule has 0 fully saturated rings. The van der Waals surface area contributed by atoms with Crippen molar-refractivity contribution in [3.05, 3.63) is 65.1 Å². The maximum atomic E-state index is 12.9. The number of benzene rings is 1. The van der Waals surface area contributed by atoms with E-state index in [1.54, 1.807) is 0 Å². The van der Waals surface area contributed by atoms with E-state index in [0.717, 1.165) is 54.6 Å². The molecule has 2 amide bonds. The van der Waals surface area contributed by atoms with Crippen LogP contribution < -0.4 is 10.6 Å². The van der Waals surface area contributed by atoms with Gasteiger partial charge in [0.1, 0.15) is 5.76 Å². The van der Waals surface area contributed by atoms with Gasteiger partial charge in [-0.05, 0) is 42.9 Å². The van der Waals surface area contributed by atoms with Crippen molar-refractivity contribution in [1.29, 1.82) is 0 Å². The summed E-state index contributed by atoms with van der Waals surface area (Å²) in [7, 11) is 0. The first-order valence-electron chi connectivity index (χ1n) is 9.46. The molecule has 2 aromatic rings. The summed E-state index contributed by atoms with van der Waals surface area (Å²) in [6, 6.07) is 7.38. The highest BCUT2D eigenvalue weighted by Gasteiger charge is 2.35. The largest absolute Gasteiger partial charge is 0.360 e. The van der Waals surface area contributed by atoms with Crippen molar-refractivity contribution in [2.75, 3.05) is 0 Å². The molecule has 1 heterocycles.